The smallest absolute Gasteiger partial charge is 0.250 e. The number of likely N-dealkylation sites (tertiary alicyclic amines) is 1. The Morgan fingerprint density at radius 1 is 1.02 bits per heavy atom. The van der Waals surface area contributed by atoms with Gasteiger partial charge in [-0.2, -0.15) is 0 Å². The van der Waals surface area contributed by atoms with Crippen molar-refractivity contribution in [2.75, 3.05) is 19.7 Å². The second kappa shape index (κ2) is 15.6. The summed E-state index contributed by atoms with van der Waals surface area (Å²) >= 11 is 0. The molecule has 3 unspecified atom stereocenters. The Morgan fingerprint density at radius 3 is 2.12 bits per heavy atom. The average molecular weight is 590 g/mol. The van der Waals surface area contributed by atoms with Crippen LogP contribution < -0.4 is 11.1 Å². The number of Topliss-reactive ketones (excluding diaryl/α,β-unsaturated/α-hetero) is 1. The molecule has 1 aliphatic heterocycles. The number of aromatic nitrogens is 2. The van der Waals surface area contributed by atoms with Crippen molar-refractivity contribution in [1.29, 1.82) is 0 Å². The summed E-state index contributed by atoms with van der Waals surface area (Å²) in [6.45, 7) is 13.2. The third kappa shape index (κ3) is 10.4. The minimum absolute atomic E-state index is 0.131. The van der Waals surface area contributed by atoms with E-state index in [1.54, 1.807) is 20.2 Å². The van der Waals surface area contributed by atoms with Crippen LogP contribution >= 0.6 is 0 Å². The standard InChI is InChI=1S/C19H25N3O.C15H22N2O3/c1-14-9-15(2)11-21(10-14)19(23)18(17-7-5-4-6-8-17)22-12-16(3)20-13-22;1-11(18)13(17-14(19)15(2,3)16)10-20-9-12-7-5-4-6-8-12/h4-8,12-15,18H,9-11H2,1-3H3;4-8,13H,9-10,16H2,1-3H3,(H,17,19)/t;13-/m.1/s1. The van der Waals surface area contributed by atoms with E-state index in [-0.39, 0.29) is 30.2 Å². The molecule has 0 spiro atoms. The number of rotatable bonds is 10. The summed E-state index contributed by atoms with van der Waals surface area (Å²) in [5.41, 5.74) is 7.62. The van der Waals surface area contributed by atoms with Crippen LogP contribution in [0.15, 0.2) is 73.2 Å². The van der Waals surface area contributed by atoms with Crippen LogP contribution in [-0.4, -0.2) is 63.3 Å². The van der Waals surface area contributed by atoms with Crippen molar-refractivity contribution >= 4 is 17.6 Å². The SMILES string of the molecule is CC(=O)[C@@H](COCc1ccccc1)NC(=O)C(C)(C)N.Cc1cn(C(C(=O)N2CC(C)CC(C)C2)c2ccccc2)cn1. The molecule has 2 heterocycles. The maximum atomic E-state index is 13.3. The van der Waals surface area contributed by atoms with Gasteiger partial charge in [-0.25, -0.2) is 4.98 Å². The number of hydrogen-bond acceptors (Lipinski definition) is 6. The summed E-state index contributed by atoms with van der Waals surface area (Å²) in [5.74, 6) is 0.760. The van der Waals surface area contributed by atoms with Gasteiger partial charge in [0.15, 0.2) is 5.78 Å². The summed E-state index contributed by atoms with van der Waals surface area (Å²) in [4.78, 5) is 42.9. The molecular formula is C34H47N5O4. The Kier molecular flexibility index (Phi) is 12.2. The predicted molar refractivity (Wildman–Crippen MR) is 168 cm³/mol. The monoisotopic (exact) mass is 589 g/mol. The number of carbonyl (C=O) groups is 3. The molecule has 9 nitrogen and oxygen atoms in total. The van der Waals surface area contributed by atoms with Crippen molar-refractivity contribution in [2.45, 2.75) is 72.2 Å². The van der Waals surface area contributed by atoms with Crippen molar-refractivity contribution < 1.29 is 19.1 Å². The first-order valence-corrected chi connectivity index (χ1v) is 14.9. The van der Waals surface area contributed by atoms with Gasteiger partial charge in [0.05, 0.1) is 30.8 Å². The Hall–Kier alpha value is -3.82. The third-order valence-electron chi connectivity index (χ3n) is 7.34. The molecule has 9 heteroatoms. The van der Waals surface area contributed by atoms with E-state index in [0.717, 1.165) is 29.9 Å². The van der Waals surface area contributed by atoms with Gasteiger partial charge in [0.25, 0.3) is 0 Å². The number of piperidine rings is 1. The molecule has 4 atom stereocenters. The van der Waals surface area contributed by atoms with Gasteiger partial charge in [-0.05, 0) is 57.1 Å². The van der Waals surface area contributed by atoms with Crippen molar-refractivity contribution in [3.63, 3.8) is 0 Å². The molecular weight excluding hydrogens is 542 g/mol. The highest BCUT2D eigenvalue weighted by Gasteiger charge is 2.32. The molecule has 1 saturated heterocycles. The van der Waals surface area contributed by atoms with E-state index in [4.69, 9.17) is 10.5 Å². The minimum atomic E-state index is -1.02. The van der Waals surface area contributed by atoms with Gasteiger partial charge in [-0.1, -0.05) is 74.5 Å². The third-order valence-corrected chi connectivity index (χ3v) is 7.34. The van der Waals surface area contributed by atoms with Crippen LogP contribution in [0.1, 0.15) is 63.9 Å². The highest BCUT2D eigenvalue weighted by molar-refractivity contribution is 5.91. The van der Waals surface area contributed by atoms with Gasteiger partial charge in [0.1, 0.15) is 12.1 Å². The summed E-state index contributed by atoms with van der Waals surface area (Å²) in [6, 6.07) is 18.6. The van der Waals surface area contributed by atoms with Gasteiger partial charge in [0.2, 0.25) is 11.8 Å². The Balaban J connectivity index is 0.000000238. The molecule has 4 rings (SSSR count). The molecule has 0 aliphatic carbocycles. The van der Waals surface area contributed by atoms with Crippen LogP contribution in [0.3, 0.4) is 0 Å². The van der Waals surface area contributed by atoms with Gasteiger partial charge in [0, 0.05) is 19.3 Å². The summed E-state index contributed by atoms with van der Waals surface area (Å²) in [6.07, 6.45) is 4.91. The molecule has 3 aromatic rings. The lowest BCUT2D eigenvalue weighted by Gasteiger charge is -2.37. The zero-order valence-corrected chi connectivity index (χ0v) is 26.3. The number of nitrogens with two attached hydrogens (primary N) is 1. The van der Waals surface area contributed by atoms with E-state index in [0.29, 0.717) is 18.4 Å². The molecule has 1 aliphatic rings. The van der Waals surface area contributed by atoms with Crippen LogP contribution in [0.25, 0.3) is 0 Å². The Morgan fingerprint density at radius 2 is 1.60 bits per heavy atom. The molecule has 3 N–H and O–H groups in total. The van der Waals surface area contributed by atoms with E-state index in [2.05, 4.69) is 24.1 Å². The van der Waals surface area contributed by atoms with E-state index in [1.807, 2.05) is 83.3 Å². The maximum Gasteiger partial charge on any atom is 0.250 e. The van der Waals surface area contributed by atoms with Crippen LogP contribution in [0.5, 0.6) is 0 Å². The fourth-order valence-corrected chi connectivity index (χ4v) is 5.15. The number of nitrogens with zero attached hydrogens (tertiary/aromatic N) is 3. The molecule has 232 valence electrons. The number of amides is 2. The fraction of sp³-hybridized carbons (Fsp3) is 0.471. The number of hydrogen-bond donors (Lipinski definition) is 2. The average Bonchev–Trinajstić information content (AvgIpc) is 3.38. The lowest BCUT2D eigenvalue weighted by atomic mass is 9.91. The van der Waals surface area contributed by atoms with Crippen LogP contribution in [0.2, 0.25) is 0 Å². The molecule has 1 fully saturated rings. The van der Waals surface area contributed by atoms with Crippen molar-refractivity contribution in [3.8, 4) is 0 Å². The summed E-state index contributed by atoms with van der Waals surface area (Å²) < 4.78 is 7.42. The van der Waals surface area contributed by atoms with E-state index >= 15 is 0 Å². The number of ketones is 1. The molecule has 2 aromatic carbocycles. The quantitative estimate of drug-likeness (QED) is 0.364. The van der Waals surface area contributed by atoms with E-state index < -0.39 is 11.6 Å². The van der Waals surface area contributed by atoms with Crippen LogP contribution in [0, 0.1) is 18.8 Å². The van der Waals surface area contributed by atoms with E-state index in [9.17, 15) is 14.4 Å². The number of benzene rings is 2. The number of aryl methyl sites for hydroxylation is 1. The van der Waals surface area contributed by atoms with Crippen molar-refractivity contribution in [1.82, 2.24) is 19.8 Å². The second-order valence-electron chi connectivity index (χ2n) is 12.3. The van der Waals surface area contributed by atoms with Gasteiger partial charge < -0.3 is 25.3 Å². The number of nitrogens with one attached hydrogen (secondary N) is 1. The minimum Gasteiger partial charge on any atom is -0.374 e. The first-order chi connectivity index (χ1) is 20.3. The molecule has 43 heavy (non-hydrogen) atoms. The first-order valence-electron chi connectivity index (χ1n) is 14.9. The Bertz CT molecular complexity index is 1310. The molecule has 0 bridgehead atoms. The van der Waals surface area contributed by atoms with Crippen molar-refractivity contribution in [3.05, 3.63) is 90.0 Å². The molecule has 2 amide bonds. The lowest BCUT2D eigenvalue weighted by Crippen LogP contribution is -2.54. The molecule has 0 radical (unpaired) electrons. The normalized spacial score (nSPS) is 18.2. The molecule has 0 saturated carbocycles. The summed E-state index contributed by atoms with van der Waals surface area (Å²) in [7, 11) is 0. The van der Waals surface area contributed by atoms with Gasteiger partial charge in [-0.15, -0.1) is 0 Å². The van der Waals surface area contributed by atoms with E-state index in [1.165, 1.54) is 13.3 Å². The fourth-order valence-electron chi connectivity index (χ4n) is 5.15. The number of carbonyl (C=O) groups excluding carboxylic acids is 3. The predicted octanol–water partition coefficient (Wildman–Crippen LogP) is 4.30. The Labute approximate surface area is 255 Å². The zero-order valence-electron chi connectivity index (χ0n) is 26.3. The highest BCUT2D eigenvalue weighted by Crippen LogP contribution is 2.27. The van der Waals surface area contributed by atoms with Crippen molar-refractivity contribution in [2.24, 2.45) is 17.6 Å². The van der Waals surface area contributed by atoms with Crippen LogP contribution in [-0.2, 0) is 25.7 Å². The number of imidazole rings is 1. The van der Waals surface area contributed by atoms with Gasteiger partial charge >= 0.3 is 0 Å². The van der Waals surface area contributed by atoms with Gasteiger partial charge in [-0.3, -0.25) is 14.4 Å². The second-order valence-corrected chi connectivity index (χ2v) is 12.3. The first kappa shape index (κ1) is 33.7. The zero-order chi connectivity index (χ0) is 31.6. The lowest BCUT2D eigenvalue weighted by molar-refractivity contribution is -0.136. The topological polar surface area (TPSA) is 120 Å². The highest BCUT2D eigenvalue weighted by atomic mass is 16.5. The number of ether oxygens (including phenoxy) is 1. The largest absolute Gasteiger partial charge is 0.374 e. The summed E-state index contributed by atoms with van der Waals surface area (Å²) in [5, 5.41) is 2.60. The molecule has 1 aromatic heterocycles. The maximum absolute atomic E-state index is 13.3. The van der Waals surface area contributed by atoms with Crippen LogP contribution in [0.4, 0.5) is 0 Å².